The van der Waals surface area contributed by atoms with E-state index in [2.05, 4.69) is 9.02 Å². The number of benzene rings is 1. The van der Waals surface area contributed by atoms with Crippen molar-refractivity contribution in [3.05, 3.63) is 24.0 Å². The van der Waals surface area contributed by atoms with Crippen molar-refractivity contribution < 1.29 is 35.0 Å². The highest BCUT2D eigenvalue weighted by atomic mass is 32.2. The molecule has 0 heterocycles. The zero-order chi connectivity index (χ0) is 14.0. The van der Waals surface area contributed by atoms with Gasteiger partial charge in [-0.3, -0.25) is 10.3 Å². The lowest BCUT2D eigenvalue weighted by molar-refractivity contribution is -0.0500. The first-order valence-corrected chi connectivity index (χ1v) is 5.68. The minimum atomic E-state index is -5.87. The van der Waals surface area contributed by atoms with Crippen LogP contribution in [0.25, 0.3) is 0 Å². The van der Waals surface area contributed by atoms with Crippen molar-refractivity contribution in [3.63, 3.8) is 0 Å². The molecule has 1 N–H and O–H groups in total. The Morgan fingerprint density at radius 2 is 1.89 bits per heavy atom. The molecule has 18 heavy (non-hydrogen) atoms. The topological polar surface area (TPSA) is 64.6 Å². The molecule has 0 bridgehead atoms. The van der Waals surface area contributed by atoms with Crippen LogP contribution in [0.5, 0.6) is 5.75 Å². The van der Waals surface area contributed by atoms with Crippen LogP contribution in [-0.4, -0.2) is 21.0 Å². The van der Waals surface area contributed by atoms with Gasteiger partial charge >= 0.3 is 15.6 Å². The number of anilines is 1. The summed E-state index contributed by atoms with van der Waals surface area (Å²) in [7, 11) is -4.81. The first kappa shape index (κ1) is 14.5. The van der Waals surface area contributed by atoms with Gasteiger partial charge in [-0.05, 0) is 12.1 Å². The average Bonchev–Trinajstić information content (AvgIpc) is 2.21. The van der Waals surface area contributed by atoms with Crippen LogP contribution in [0.3, 0.4) is 0 Å². The third-order valence-corrected chi connectivity index (χ3v) is 2.63. The van der Waals surface area contributed by atoms with Crippen LogP contribution in [0, 0.1) is 5.82 Å². The van der Waals surface area contributed by atoms with E-state index in [-0.39, 0.29) is 0 Å². The monoisotopic (exact) mass is 289 g/mol. The predicted octanol–water partition coefficient (Wildman–Crippen LogP) is 2.03. The highest BCUT2D eigenvalue weighted by Crippen LogP contribution is 2.32. The number of para-hydroxylation sites is 1. The summed E-state index contributed by atoms with van der Waals surface area (Å²) in [4.78, 5) is 4.30. The molecule has 0 aliphatic rings. The Morgan fingerprint density at radius 3 is 2.39 bits per heavy atom. The molecule has 0 aliphatic carbocycles. The fraction of sp³-hybridized carbons (Fsp3) is 0.250. The van der Waals surface area contributed by atoms with Crippen molar-refractivity contribution in [1.29, 1.82) is 0 Å². The van der Waals surface area contributed by atoms with E-state index < -0.39 is 32.9 Å². The molecule has 0 radical (unpaired) electrons. The highest BCUT2D eigenvalue weighted by Gasteiger charge is 2.48. The van der Waals surface area contributed by atoms with E-state index in [0.717, 1.165) is 25.3 Å². The number of halogens is 4. The third-order valence-electron chi connectivity index (χ3n) is 1.66. The van der Waals surface area contributed by atoms with E-state index in [1.807, 2.05) is 5.48 Å². The third kappa shape index (κ3) is 3.01. The maximum absolute atomic E-state index is 13.2. The summed E-state index contributed by atoms with van der Waals surface area (Å²) in [5, 5.41) is 0. The minimum Gasteiger partial charge on any atom is -0.374 e. The Balaban J connectivity index is 3.16. The molecule has 0 spiro atoms. The second-order valence-corrected chi connectivity index (χ2v) is 4.44. The first-order chi connectivity index (χ1) is 8.19. The van der Waals surface area contributed by atoms with E-state index in [1.54, 1.807) is 0 Å². The number of hydrogen-bond donors (Lipinski definition) is 1. The van der Waals surface area contributed by atoms with Crippen molar-refractivity contribution in [2.75, 3.05) is 12.6 Å². The smallest absolute Gasteiger partial charge is 0.374 e. The van der Waals surface area contributed by atoms with Gasteiger partial charge in [0.25, 0.3) is 0 Å². The molecule has 5 nitrogen and oxygen atoms in total. The summed E-state index contributed by atoms with van der Waals surface area (Å²) in [6, 6.07) is 2.71. The van der Waals surface area contributed by atoms with Crippen molar-refractivity contribution in [2.45, 2.75) is 5.51 Å². The molecule has 1 aromatic carbocycles. The fourth-order valence-corrected chi connectivity index (χ4v) is 1.41. The van der Waals surface area contributed by atoms with E-state index in [1.165, 1.54) is 0 Å². The standard InChI is InChI=1S/C8H7F4NO4S/c1-16-13-7-5(9)3-2-4-6(7)17-18(14,15)8(10,11)12/h2-4,13H,1H3. The molecule has 0 amide bonds. The van der Waals surface area contributed by atoms with Gasteiger partial charge in [-0.2, -0.15) is 21.6 Å². The summed E-state index contributed by atoms with van der Waals surface area (Å²) < 4.78 is 74.7. The Bertz CT molecular complexity index is 528. The zero-order valence-electron chi connectivity index (χ0n) is 8.79. The lowest BCUT2D eigenvalue weighted by atomic mass is 10.3. The first-order valence-electron chi connectivity index (χ1n) is 4.27. The summed E-state index contributed by atoms with van der Waals surface area (Å²) in [5.41, 5.74) is -4.38. The quantitative estimate of drug-likeness (QED) is 0.397. The minimum absolute atomic E-state index is 0.659. The van der Waals surface area contributed by atoms with Crippen molar-refractivity contribution in [3.8, 4) is 5.75 Å². The maximum atomic E-state index is 13.2. The van der Waals surface area contributed by atoms with E-state index in [9.17, 15) is 26.0 Å². The number of rotatable bonds is 4. The van der Waals surface area contributed by atoms with Crippen LogP contribution in [0.4, 0.5) is 23.2 Å². The van der Waals surface area contributed by atoms with Gasteiger partial charge in [0.2, 0.25) is 0 Å². The van der Waals surface area contributed by atoms with Crippen LogP contribution in [-0.2, 0) is 15.0 Å². The molecule has 0 fully saturated rings. The normalized spacial score (nSPS) is 12.3. The lowest BCUT2D eigenvalue weighted by Gasteiger charge is -2.13. The Morgan fingerprint density at radius 1 is 1.28 bits per heavy atom. The van der Waals surface area contributed by atoms with Crippen molar-refractivity contribution in [2.24, 2.45) is 0 Å². The van der Waals surface area contributed by atoms with Gasteiger partial charge in [0.15, 0.2) is 11.6 Å². The van der Waals surface area contributed by atoms with Crippen LogP contribution in [0.1, 0.15) is 0 Å². The largest absolute Gasteiger partial charge is 0.534 e. The second kappa shape index (κ2) is 4.98. The van der Waals surface area contributed by atoms with E-state index in [4.69, 9.17) is 0 Å². The predicted molar refractivity (Wildman–Crippen MR) is 52.6 cm³/mol. The molecule has 0 aromatic heterocycles. The van der Waals surface area contributed by atoms with Crippen LogP contribution < -0.4 is 9.66 Å². The summed E-state index contributed by atoms with van der Waals surface area (Å²) in [6.07, 6.45) is 0. The van der Waals surface area contributed by atoms with Crippen LogP contribution in [0.15, 0.2) is 18.2 Å². The lowest BCUT2D eigenvalue weighted by Crippen LogP contribution is -2.28. The Labute approximate surface area is 99.4 Å². The molecule has 1 aromatic rings. The highest BCUT2D eigenvalue weighted by molar-refractivity contribution is 7.88. The molecule has 10 heteroatoms. The fourth-order valence-electron chi connectivity index (χ4n) is 0.940. The molecule has 0 unspecified atom stereocenters. The van der Waals surface area contributed by atoms with Gasteiger partial charge in [-0.25, -0.2) is 4.39 Å². The molecule has 0 atom stereocenters. The molecule has 0 aliphatic heterocycles. The summed E-state index contributed by atoms with van der Waals surface area (Å²) in [6.45, 7) is 0. The van der Waals surface area contributed by atoms with Gasteiger partial charge < -0.3 is 4.18 Å². The zero-order valence-corrected chi connectivity index (χ0v) is 9.60. The van der Waals surface area contributed by atoms with Gasteiger partial charge in [-0.1, -0.05) is 6.07 Å². The summed E-state index contributed by atoms with van der Waals surface area (Å²) >= 11 is 0. The van der Waals surface area contributed by atoms with Crippen LogP contribution >= 0.6 is 0 Å². The SMILES string of the molecule is CONc1c(F)cccc1OS(=O)(=O)C(F)(F)F. The number of alkyl halides is 3. The molecular weight excluding hydrogens is 282 g/mol. The van der Waals surface area contributed by atoms with Gasteiger partial charge in [0, 0.05) is 0 Å². The molecule has 1 rings (SSSR count). The average molecular weight is 289 g/mol. The molecule has 0 saturated heterocycles. The Kier molecular flexibility index (Phi) is 4.02. The van der Waals surface area contributed by atoms with Crippen molar-refractivity contribution >= 4 is 15.8 Å². The number of hydrogen-bond acceptors (Lipinski definition) is 5. The van der Waals surface area contributed by atoms with Gasteiger partial charge in [0.05, 0.1) is 7.11 Å². The summed E-state index contributed by atoms with van der Waals surface area (Å²) in [5.74, 6) is -1.90. The van der Waals surface area contributed by atoms with Gasteiger partial charge in [-0.15, -0.1) is 0 Å². The van der Waals surface area contributed by atoms with E-state index >= 15 is 0 Å². The molecule has 102 valence electrons. The van der Waals surface area contributed by atoms with E-state index in [0.29, 0.717) is 0 Å². The van der Waals surface area contributed by atoms with Gasteiger partial charge in [0.1, 0.15) is 5.69 Å². The second-order valence-electron chi connectivity index (χ2n) is 2.90. The molecular formula is C8H7F4NO4S. The van der Waals surface area contributed by atoms with Crippen LogP contribution in [0.2, 0.25) is 0 Å². The Hall–Kier alpha value is -1.55. The molecule has 0 saturated carbocycles. The number of nitrogens with one attached hydrogen (secondary N) is 1. The van der Waals surface area contributed by atoms with Crippen molar-refractivity contribution in [1.82, 2.24) is 0 Å². The maximum Gasteiger partial charge on any atom is 0.534 e.